The van der Waals surface area contributed by atoms with Gasteiger partial charge in [0.1, 0.15) is 5.82 Å². The van der Waals surface area contributed by atoms with Crippen molar-refractivity contribution < 1.29 is 0 Å². The maximum atomic E-state index is 11.8. The van der Waals surface area contributed by atoms with Crippen molar-refractivity contribution in [2.45, 2.75) is 33.6 Å². The van der Waals surface area contributed by atoms with E-state index in [4.69, 9.17) is 0 Å². The van der Waals surface area contributed by atoms with Crippen LogP contribution in [0.15, 0.2) is 16.9 Å². The normalized spacial score (nSPS) is 10.8. The fraction of sp³-hybridized carbons (Fsp3) is 0.385. The SMILES string of the molecule is CCCc1nc(-c2ccc(C)s2)c(C)c(=O)[nH]1. The highest BCUT2D eigenvalue weighted by molar-refractivity contribution is 7.15. The minimum Gasteiger partial charge on any atom is -0.310 e. The average Bonchev–Trinajstić information content (AvgIpc) is 2.70. The van der Waals surface area contributed by atoms with Crippen molar-refractivity contribution in [1.29, 1.82) is 0 Å². The minimum absolute atomic E-state index is 0.0236. The molecule has 2 aromatic rings. The number of aromatic amines is 1. The number of aryl methyl sites for hydroxylation is 2. The van der Waals surface area contributed by atoms with Crippen molar-refractivity contribution in [3.8, 4) is 10.6 Å². The van der Waals surface area contributed by atoms with Crippen LogP contribution in [0.4, 0.5) is 0 Å². The Balaban J connectivity index is 2.56. The van der Waals surface area contributed by atoms with E-state index in [2.05, 4.69) is 29.9 Å². The van der Waals surface area contributed by atoms with Gasteiger partial charge in [-0.05, 0) is 32.4 Å². The number of H-pyrrole nitrogens is 1. The average molecular weight is 248 g/mol. The molecule has 1 N–H and O–H groups in total. The molecule has 0 spiro atoms. The Hall–Kier alpha value is -1.42. The van der Waals surface area contributed by atoms with Crippen LogP contribution in [0.2, 0.25) is 0 Å². The van der Waals surface area contributed by atoms with E-state index in [-0.39, 0.29) is 5.56 Å². The molecule has 0 saturated heterocycles. The summed E-state index contributed by atoms with van der Waals surface area (Å²) in [6, 6.07) is 4.09. The lowest BCUT2D eigenvalue weighted by Crippen LogP contribution is -2.15. The number of nitrogens with zero attached hydrogens (tertiary/aromatic N) is 1. The van der Waals surface area contributed by atoms with E-state index in [9.17, 15) is 4.79 Å². The zero-order chi connectivity index (χ0) is 12.4. The van der Waals surface area contributed by atoms with Crippen molar-refractivity contribution in [3.05, 3.63) is 38.8 Å². The third kappa shape index (κ3) is 2.47. The first-order valence-corrected chi connectivity index (χ1v) is 6.60. The van der Waals surface area contributed by atoms with Crippen LogP contribution in [0, 0.1) is 13.8 Å². The lowest BCUT2D eigenvalue weighted by molar-refractivity contribution is 0.823. The topological polar surface area (TPSA) is 45.8 Å². The third-order valence-corrected chi connectivity index (χ3v) is 3.67. The fourth-order valence-electron chi connectivity index (χ4n) is 1.74. The quantitative estimate of drug-likeness (QED) is 0.907. The maximum absolute atomic E-state index is 11.8. The van der Waals surface area contributed by atoms with Gasteiger partial charge < -0.3 is 4.98 Å². The first kappa shape index (κ1) is 12.0. The molecule has 3 nitrogen and oxygen atoms in total. The molecule has 4 heteroatoms. The van der Waals surface area contributed by atoms with Crippen molar-refractivity contribution >= 4 is 11.3 Å². The largest absolute Gasteiger partial charge is 0.310 e. The molecule has 2 heterocycles. The molecule has 0 aliphatic rings. The van der Waals surface area contributed by atoms with Crippen LogP contribution in [0.25, 0.3) is 10.6 Å². The second kappa shape index (κ2) is 4.84. The van der Waals surface area contributed by atoms with Crippen molar-refractivity contribution in [2.75, 3.05) is 0 Å². The summed E-state index contributed by atoms with van der Waals surface area (Å²) in [5.74, 6) is 0.782. The predicted molar refractivity (Wildman–Crippen MR) is 71.6 cm³/mol. The van der Waals surface area contributed by atoms with Gasteiger partial charge in [0, 0.05) is 16.9 Å². The Bertz CT molecular complexity index is 583. The van der Waals surface area contributed by atoms with Gasteiger partial charge in [0.05, 0.1) is 10.6 Å². The highest BCUT2D eigenvalue weighted by atomic mass is 32.1. The van der Waals surface area contributed by atoms with Crippen LogP contribution in [0.3, 0.4) is 0 Å². The van der Waals surface area contributed by atoms with Gasteiger partial charge in [-0.2, -0.15) is 0 Å². The van der Waals surface area contributed by atoms with E-state index in [1.807, 2.05) is 13.0 Å². The van der Waals surface area contributed by atoms with Gasteiger partial charge >= 0.3 is 0 Å². The molecule has 17 heavy (non-hydrogen) atoms. The molecule has 0 fully saturated rings. The van der Waals surface area contributed by atoms with Crippen molar-refractivity contribution in [1.82, 2.24) is 9.97 Å². The summed E-state index contributed by atoms with van der Waals surface area (Å²) in [7, 11) is 0. The Labute approximate surface area is 105 Å². The zero-order valence-corrected chi connectivity index (χ0v) is 11.1. The Morgan fingerprint density at radius 3 is 2.71 bits per heavy atom. The van der Waals surface area contributed by atoms with E-state index in [0.29, 0.717) is 5.56 Å². The summed E-state index contributed by atoms with van der Waals surface area (Å²) in [4.78, 5) is 21.5. The summed E-state index contributed by atoms with van der Waals surface area (Å²) in [5, 5.41) is 0. The zero-order valence-electron chi connectivity index (χ0n) is 10.3. The van der Waals surface area contributed by atoms with Crippen LogP contribution in [0.1, 0.15) is 29.6 Å². The number of hydrogen-bond donors (Lipinski definition) is 1. The number of thiophene rings is 1. The van der Waals surface area contributed by atoms with Gasteiger partial charge in [0.2, 0.25) is 0 Å². The van der Waals surface area contributed by atoms with Gasteiger partial charge in [-0.25, -0.2) is 4.98 Å². The Kier molecular flexibility index (Phi) is 3.43. The first-order chi connectivity index (χ1) is 8.11. The number of nitrogens with one attached hydrogen (secondary N) is 1. The van der Waals surface area contributed by atoms with Crippen LogP contribution >= 0.6 is 11.3 Å². The van der Waals surface area contributed by atoms with Crippen molar-refractivity contribution in [3.63, 3.8) is 0 Å². The smallest absolute Gasteiger partial charge is 0.254 e. The summed E-state index contributed by atoms with van der Waals surface area (Å²) in [6.45, 7) is 5.96. The molecular formula is C13H16N2OS. The number of aromatic nitrogens is 2. The van der Waals surface area contributed by atoms with Crippen LogP contribution in [-0.4, -0.2) is 9.97 Å². The lowest BCUT2D eigenvalue weighted by Gasteiger charge is -2.05. The summed E-state index contributed by atoms with van der Waals surface area (Å²) in [6.07, 6.45) is 1.79. The predicted octanol–water partition coefficient (Wildman–Crippen LogP) is 3.07. The van der Waals surface area contributed by atoms with Gasteiger partial charge in [0.25, 0.3) is 5.56 Å². The molecule has 0 aliphatic heterocycles. The minimum atomic E-state index is -0.0236. The second-order valence-electron chi connectivity index (χ2n) is 4.15. The highest BCUT2D eigenvalue weighted by Gasteiger charge is 2.10. The number of rotatable bonds is 3. The molecule has 0 radical (unpaired) electrons. The van der Waals surface area contributed by atoms with Gasteiger partial charge in [-0.3, -0.25) is 4.79 Å². The van der Waals surface area contributed by atoms with Gasteiger partial charge in [-0.15, -0.1) is 11.3 Å². The van der Waals surface area contributed by atoms with Crippen LogP contribution in [-0.2, 0) is 6.42 Å². The van der Waals surface area contributed by atoms with E-state index in [1.54, 1.807) is 11.3 Å². The number of hydrogen-bond acceptors (Lipinski definition) is 3. The maximum Gasteiger partial charge on any atom is 0.254 e. The van der Waals surface area contributed by atoms with E-state index >= 15 is 0 Å². The van der Waals surface area contributed by atoms with Crippen molar-refractivity contribution in [2.24, 2.45) is 0 Å². The molecular weight excluding hydrogens is 232 g/mol. The summed E-state index contributed by atoms with van der Waals surface area (Å²) in [5.41, 5.74) is 1.51. The Morgan fingerprint density at radius 1 is 1.35 bits per heavy atom. The van der Waals surface area contributed by atoms with E-state index in [1.165, 1.54) is 4.88 Å². The summed E-state index contributed by atoms with van der Waals surface area (Å²) >= 11 is 1.68. The molecule has 2 aromatic heterocycles. The summed E-state index contributed by atoms with van der Waals surface area (Å²) < 4.78 is 0. The molecule has 0 aliphatic carbocycles. The monoisotopic (exact) mass is 248 g/mol. The third-order valence-electron chi connectivity index (χ3n) is 2.66. The molecule has 0 amide bonds. The molecule has 0 aromatic carbocycles. The molecule has 0 unspecified atom stereocenters. The molecule has 90 valence electrons. The van der Waals surface area contributed by atoms with E-state index < -0.39 is 0 Å². The fourth-order valence-corrected chi connectivity index (χ4v) is 2.65. The Morgan fingerprint density at radius 2 is 2.12 bits per heavy atom. The van der Waals surface area contributed by atoms with Gasteiger partial charge in [0.15, 0.2) is 0 Å². The van der Waals surface area contributed by atoms with Crippen LogP contribution < -0.4 is 5.56 Å². The van der Waals surface area contributed by atoms with E-state index in [0.717, 1.165) is 29.2 Å². The molecule has 0 saturated carbocycles. The van der Waals surface area contributed by atoms with Crippen LogP contribution in [0.5, 0.6) is 0 Å². The van der Waals surface area contributed by atoms with Gasteiger partial charge in [-0.1, -0.05) is 6.92 Å². The molecule has 2 rings (SSSR count). The first-order valence-electron chi connectivity index (χ1n) is 5.78. The lowest BCUT2D eigenvalue weighted by atomic mass is 10.2. The standard InChI is InChI=1S/C13H16N2OS/c1-4-5-11-14-12(9(3)13(16)15-11)10-7-6-8(2)17-10/h6-7H,4-5H2,1-3H3,(H,14,15,16). The molecule has 0 atom stereocenters. The molecule has 0 bridgehead atoms. The highest BCUT2D eigenvalue weighted by Crippen LogP contribution is 2.27. The second-order valence-corrected chi connectivity index (χ2v) is 5.43.